The van der Waals surface area contributed by atoms with Crippen molar-refractivity contribution in [1.29, 1.82) is 0 Å². The van der Waals surface area contributed by atoms with Crippen molar-refractivity contribution < 1.29 is 4.79 Å². The molecule has 0 saturated heterocycles. The molecule has 4 heterocycles. The van der Waals surface area contributed by atoms with Gasteiger partial charge in [-0.05, 0) is 30.3 Å². The van der Waals surface area contributed by atoms with Crippen molar-refractivity contribution in [3.05, 3.63) is 59.1 Å². The molecular weight excluding hydrogens is 288 g/mol. The number of fused-ring (bicyclic) bond motifs is 2. The number of carbonyl (C=O) groups is 1. The van der Waals surface area contributed by atoms with Gasteiger partial charge in [0.25, 0.3) is 5.91 Å². The maximum atomic E-state index is 12.6. The van der Waals surface area contributed by atoms with E-state index in [0.29, 0.717) is 23.8 Å². The van der Waals surface area contributed by atoms with Gasteiger partial charge >= 0.3 is 0 Å². The molecular formula is C15H13ClN4O. The van der Waals surface area contributed by atoms with E-state index in [2.05, 4.69) is 9.67 Å². The first-order valence-corrected chi connectivity index (χ1v) is 7.17. The van der Waals surface area contributed by atoms with E-state index in [4.69, 9.17) is 11.6 Å². The Morgan fingerprint density at radius 2 is 2.14 bits per heavy atom. The van der Waals surface area contributed by atoms with Crippen LogP contribution in [0.5, 0.6) is 0 Å². The molecule has 0 unspecified atom stereocenters. The Bertz CT molecular complexity index is 835. The van der Waals surface area contributed by atoms with Crippen LogP contribution in [0.1, 0.15) is 16.2 Å². The summed E-state index contributed by atoms with van der Waals surface area (Å²) in [6.45, 7) is 2.16. The minimum absolute atomic E-state index is 0.0396. The van der Waals surface area contributed by atoms with Crippen LogP contribution in [-0.4, -0.2) is 31.5 Å². The number of hydrogen-bond donors (Lipinski definition) is 0. The maximum Gasteiger partial charge on any atom is 0.274 e. The smallest absolute Gasteiger partial charge is 0.274 e. The third kappa shape index (κ3) is 2.10. The lowest BCUT2D eigenvalue weighted by atomic mass is 10.2. The van der Waals surface area contributed by atoms with E-state index >= 15 is 0 Å². The number of pyridine rings is 1. The van der Waals surface area contributed by atoms with Crippen LogP contribution in [0.3, 0.4) is 0 Å². The largest absolute Gasteiger partial charge is 0.348 e. The van der Waals surface area contributed by atoms with Crippen molar-refractivity contribution in [2.24, 2.45) is 0 Å². The van der Waals surface area contributed by atoms with Crippen LogP contribution in [0.2, 0.25) is 5.02 Å². The summed E-state index contributed by atoms with van der Waals surface area (Å²) in [6.07, 6.45) is 3.75. The van der Waals surface area contributed by atoms with E-state index < -0.39 is 0 Å². The van der Waals surface area contributed by atoms with Crippen molar-refractivity contribution in [2.75, 3.05) is 6.54 Å². The minimum atomic E-state index is -0.0396. The van der Waals surface area contributed by atoms with E-state index in [1.165, 1.54) is 0 Å². The predicted octanol–water partition coefficient (Wildman–Crippen LogP) is 2.45. The third-order valence-electron chi connectivity index (χ3n) is 3.82. The Labute approximate surface area is 126 Å². The molecule has 1 amide bonds. The van der Waals surface area contributed by atoms with Gasteiger partial charge in [-0.3, -0.25) is 4.79 Å². The fourth-order valence-electron chi connectivity index (χ4n) is 2.72. The first kappa shape index (κ1) is 12.5. The Hall–Kier alpha value is -2.27. The first-order valence-electron chi connectivity index (χ1n) is 6.79. The summed E-state index contributed by atoms with van der Waals surface area (Å²) in [5.74, 6) is -0.0396. The van der Waals surface area contributed by atoms with Crippen LogP contribution in [0.25, 0.3) is 5.52 Å². The molecule has 5 nitrogen and oxygen atoms in total. The van der Waals surface area contributed by atoms with Crippen LogP contribution in [-0.2, 0) is 13.1 Å². The standard InChI is InChI=1S/C15H13ClN4O/c16-11-3-4-12-8-14(17-20(12)9-11)15(21)19-7-6-18-5-1-2-13(18)10-19/h1-5,8-9H,6-7,10H2. The van der Waals surface area contributed by atoms with Crippen LogP contribution in [0.15, 0.2) is 42.7 Å². The molecule has 4 rings (SSSR count). The Morgan fingerprint density at radius 3 is 3.05 bits per heavy atom. The molecule has 1 aliphatic heterocycles. The summed E-state index contributed by atoms with van der Waals surface area (Å²) in [5.41, 5.74) is 2.47. The number of amides is 1. The molecule has 3 aromatic heterocycles. The van der Waals surface area contributed by atoms with Gasteiger partial charge in [-0.25, -0.2) is 4.52 Å². The Kier molecular flexibility index (Phi) is 2.75. The molecule has 0 fully saturated rings. The average molecular weight is 301 g/mol. The number of carbonyl (C=O) groups excluding carboxylic acids is 1. The van der Waals surface area contributed by atoms with Crippen LogP contribution < -0.4 is 0 Å². The second kappa shape index (κ2) is 4.63. The van der Waals surface area contributed by atoms with E-state index in [9.17, 15) is 4.79 Å². The Balaban J connectivity index is 1.64. The molecule has 0 bridgehead atoms. The molecule has 0 spiro atoms. The number of aromatic nitrogens is 3. The molecule has 0 N–H and O–H groups in total. The van der Waals surface area contributed by atoms with Crippen molar-refractivity contribution in [3.8, 4) is 0 Å². The van der Waals surface area contributed by atoms with Crippen molar-refractivity contribution in [1.82, 2.24) is 19.1 Å². The fourth-order valence-corrected chi connectivity index (χ4v) is 2.87. The maximum absolute atomic E-state index is 12.6. The van der Waals surface area contributed by atoms with Gasteiger partial charge in [0, 0.05) is 31.2 Å². The van der Waals surface area contributed by atoms with E-state index in [-0.39, 0.29) is 5.91 Å². The molecule has 0 aromatic carbocycles. The monoisotopic (exact) mass is 300 g/mol. The molecule has 0 saturated carbocycles. The van der Waals surface area contributed by atoms with E-state index in [1.807, 2.05) is 29.3 Å². The summed E-state index contributed by atoms with van der Waals surface area (Å²) in [7, 11) is 0. The van der Waals surface area contributed by atoms with Crippen molar-refractivity contribution in [3.63, 3.8) is 0 Å². The van der Waals surface area contributed by atoms with Gasteiger partial charge in [0.05, 0.1) is 17.1 Å². The number of halogens is 1. The first-order chi connectivity index (χ1) is 10.2. The Morgan fingerprint density at radius 1 is 1.24 bits per heavy atom. The van der Waals surface area contributed by atoms with Gasteiger partial charge in [0.2, 0.25) is 0 Å². The highest BCUT2D eigenvalue weighted by molar-refractivity contribution is 6.30. The third-order valence-corrected chi connectivity index (χ3v) is 4.04. The summed E-state index contributed by atoms with van der Waals surface area (Å²) in [6, 6.07) is 9.50. The SMILES string of the molecule is O=C(c1cc2ccc(Cl)cn2n1)N1CCn2cccc2C1. The summed E-state index contributed by atoms with van der Waals surface area (Å²) in [4.78, 5) is 14.4. The molecule has 106 valence electrons. The van der Waals surface area contributed by atoms with Gasteiger partial charge in [-0.2, -0.15) is 5.10 Å². The van der Waals surface area contributed by atoms with Crippen LogP contribution in [0, 0.1) is 0 Å². The molecule has 0 radical (unpaired) electrons. The molecule has 21 heavy (non-hydrogen) atoms. The zero-order valence-electron chi connectivity index (χ0n) is 11.2. The number of hydrogen-bond acceptors (Lipinski definition) is 2. The highest BCUT2D eigenvalue weighted by Crippen LogP contribution is 2.17. The topological polar surface area (TPSA) is 42.5 Å². The normalized spacial score (nSPS) is 14.4. The average Bonchev–Trinajstić information content (AvgIpc) is 3.11. The van der Waals surface area contributed by atoms with Crippen LogP contribution in [0.4, 0.5) is 0 Å². The van der Waals surface area contributed by atoms with Gasteiger partial charge in [0.15, 0.2) is 5.69 Å². The van der Waals surface area contributed by atoms with Crippen LogP contribution >= 0.6 is 11.6 Å². The zero-order chi connectivity index (χ0) is 14.4. The fraction of sp³-hybridized carbons (Fsp3) is 0.200. The summed E-state index contributed by atoms with van der Waals surface area (Å²) in [5, 5.41) is 4.92. The lowest BCUT2D eigenvalue weighted by Crippen LogP contribution is -2.38. The van der Waals surface area contributed by atoms with E-state index in [0.717, 1.165) is 17.8 Å². The van der Waals surface area contributed by atoms with Gasteiger partial charge in [0.1, 0.15) is 0 Å². The lowest BCUT2D eigenvalue weighted by Gasteiger charge is -2.28. The van der Waals surface area contributed by atoms with Crippen molar-refractivity contribution >= 4 is 23.0 Å². The molecule has 3 aromatic rings. The van der Waals surface area contributed by atoms with E-state index in [1.54, 1.807) is 22.8 Å². The van der Waals surface area contributed by atoms with Crippen molar-refractivity contribution in [2.45, 2.75) is 13.1 Å². The quantitative estimate of drug-likeness (QED) is 0.693. The summed E-state index contributed by atoms with van der Waals surface area (Å²) >= 11 is 5.94. The van der Waals surface area contributed by atoms with Gasteiger partial charge in [-0.1, -0.05) is 11.6 Å². The lowest BCUT2D eigenvalue weighted by molar-refractivity contribution is 0.0705. The molecule has 6 heteroatoms. The molecule has 0 atom stereocenters. The number of nitrogens with zero attached hydrogens (tertiary/aromatic N) is 4. The number of rotatable bonds is 1. The molecule has 1 aliphatic rings. The molecule has 0 aliphatic carbocycles. The highest BCUT2D eigenvalue weighted by atomic mass is 35.5. The second-order valence-corrected chi connectivity index (χ2v) is 5.60. The summed E-state index contributed by atoms with van der Waals surface area (Å²) < 4.78 is 3.81. The zero-order valence-corrected chi connectivity index (χ0v) is 12.0. The predicted molar refractivity (Wildman–Crippen MR) is 79.4 cm³/mol. The highest BCUT2D eigenvalue weighted by Gasteiger charge is 2.23. The second-order valence-electron chi connectivity index (χ2n) is 5.17. The van der Waals surface area contributed by atoms with Gasteiger partial charge < -0.3 is 9.47 Å². The van der Waals surface area contributed by atoms with Gasteiger partial charge in [-0.15, -0.1) is 0 Å². The minimum Gasteiger partial charge on any atom is -0.348 e.